The molecule has 1 aromatic rings. The van der Waals surface area contributed by atoms with Crippen LogP contribution in [0, 0.1) is 12.8 Å². The topological polar surface area (TPSA) is 93.4 Å². The molecule has 0 bridgehead atoms. The van der Waals surface area contributed by atoms with E-state index < -0.39 is 9.84 Å². The maximum atomic E-state index is 12.4. The van der Waals surface area contributed by atoms with Crippen molar-refractivity contribution in [3.8, 4) is 0 Å². The molecule has 0 spiro atoms. The first-order valence-corrected chi connectivity index (χ1v) is 9.53. The molecule has 2 aliphatic heterocycles. The predicted molar refractivity (Wildman–Crippen MR) is 79.0 cm³/mol. The maximum absolute atomic E-state index is 12.4. The van der Waals surface area contributed by atoms with E-state index in [9.17, 15) is 13.2 Å². The number of likely N-dealkylation sites (tertiary alicyclic amines) is 1. The van der Waals surface area contributed by atoms with Gasteiger partial charge in [-0.1, -0.05) is 5.16 Å². The average molecular weight is 327 g/mol. The van der Waals surface area contributed by atoms with E-state index in [4.69, 9.17) is 4.52 Å². The number of carbonyl (C=O) groups is 1. The Labute approximate surface area is 130 Å². The summed E-state index contributed by atoms with van der Waals surface area (Å²) in [5.74, 6) is 1.68. The third-order valence-electron chi connectivity index (χ3n) is 4.46. The predicted octanol–water partition coefficient (Wildman–Crippen LogP) is 0.909. The van der Waals surface area contributed by atoms with Gasteiger partial charge in [0.25, 0.3) is 0 Å². The third-order valence-corrected chi connectivity index (χ3v) is 6.29. The number of hydrogen-bond acceptors (Lipinski definition) is 6. The van der Waals surface area contributed by atoms with Crippen molar-refractivity contribution in [2.75, 3.05) is 24.6 Å². The first-order chi connectivity index (χ1) is 10.4. The molecule has 0 N–H and O–H groups in total. The van der Waals surface area contributed by atoms with Crippen LogP contribution in [0.25, 0.3) is 0 Å². The molecule has 0 aromatic carbocycles. The minimum Gasteiger partial charge on any atom is -0.342 e. The Kier molecular flexibility index (Phi) is 4.20. The summed E-state index contributed by atoms with van der Waals surface area (Å²) < 4.78 is 28.2. The Morgan fingerprint density at radius 3 is 2.86 bits per heavy atom. The standard InChI is InChI=1S/C14H21N3O4S/c1-10-15-14(21-16-10)12-3-2-5-17(8-12)13(18)7-11-4-6-22(19,20)9-11/h11-12H,2-9H2,1H3/t11-,12+/m1/s1. The molecule has 0 radical (unpaired) electrons. The largest absolute Gasteiger partial charge is 0.342 e. The zero-order valence-corrected chi connectivity index (χ0v) is 13.5. The summed E-state index contributed by atoms with van der Waals surface area (Å²) >= 11 is 0. The smallest absolute Gasteiger partial charge is 0.231 e. The summed E-state index contributed by atoms with van der Waals surface area (Å²) in [7, 11) is -2.93. The number of piperidine rings is 1. The lowest BCUT2D eigenvalue weighted by Crippen LogP contribution is -2.40. The Hall–Kier alpha value is -1.44. The van der Waals surface area contributed by atoms with Crippen molar-refractivity contribution in [1.29, 1.82) is 0 Å². The van der Waals surface area contributed by atoms with Crippen molar-refractivity contribution in [3.63, 3.8) is 0 Å². The van der Waals surface area contributed by atoms with E-state index in [1.54, 1.807) is 6.92 Å². The van der Waals surface area contributed by atoms with Crippen molar-refractivity contribution >= 4 is 15.7 Å². The van der Waals surface area contributed by atoms with Crippen molar-refractivity contribution < 1.29 is 17.7 Å². The number of rotatable bonds is 3. The highest BCUT2D eigenvalue weighted by Crippen LogP contribution is 2.28. The van der Waals surface area contributed by atoms with Gasteiger partial charge in [-0.05, 0) is 32.1 Å². The minimum absolute atomic E-state index is 0.0245. The van der Waals surface area contributed by atoms with Gasteiger partial charge in [-0.3, -0.25) is 4.79 Å². The zero-order chi connectivity index (χ0) is 15.7. The second-order valence-electron chi connectivity index (χ2n) is 6.33. The molecule has 3 heterocycles. The molecule has 0 unspecified atom stereocenters. The second kappa shape index (κ2) is 5.98. The zero-order valence-electron chi connectivity index (χ0n) is 12.7. The van der Waals surface area contributed by atoms with Gasteiger partial charge in [-0.25, -0.2) is 8.42 Å². The van der Waals surface area contributed by atoms with Gasteiger partial charge in [-0.2, -0.15) is 4.98 Å². The first kappa shape index (κ1) is 15.5. The lowest BCUT2D eigenvalue weighted by atomic mass is 9.96. The number of nitrogens with zero attached hydrogens (tertiary/aromatic N) is 3. The van der Waals surface area contributed by atoms with Crippen LogP contribution >= 0.6 is 0 Å². The summed E-state index contributed by atoms with van der Waals surface area (Å²) in [6, 6.07) is 0. The van der Waals surface area contributed by atoms with Crippen LogP contribution in [0.3, 0.4) is 0 Å². The quantitative estimate of drug-likeness (QED) is 0.819. The van der Waals surface area contributed by atoms with Gasteiger partial charge in [0.2, 0.25) is 11.8 Å². The van der Waals surface area contributed by atoms with Crippen LogP contribution in [0.1, 0.15) is 43.3 Å². The fourth-order valence-electron chi connectivity index (χ4n) is 3.29. The lowest BCUT2D eigenvalue weighted by Gasteiger charge is -2.31. The molecule has 1 amide bonds. The molecule has 7 nitrogen and oxygen atoms in total. The van der Waals surface area contributed by atoms with E-state index in [-0.39, 0.29) is 29.2 Å². The van der Waals surface area contributed by atoms with Crippen molar-refractivity contribution in [2.45, 2.75) is 38.5 Å². The van der Waals surface area contributed by atoms with Gasteiger partial charge >= 0.3 is 0 Å². The number of aryl methyl sites for hydroxylation is 1. The van der Waals surface area contributed by atoms with Crippen molar-refractivity contribution in [3.05, 3.63) is 11.7 Å². The van der Waals surface area contributed by atoms with Crippen LogP contribution in [0.5, 0.6) is 0 Å². The molecule has 2 atom stereocenters. The van der Waals surface area contributed by atoms with Gasteiger partial charge in [0.15, 0.2) is 15.7 Å². The third kappa shape index (κ3) is 3.48. The number of sulfone groups is 1. The summed E-state index contributed by atoms with van der Waals surface area (Å²) in [6.45, 7) is 3.08. The van der Waals surface area contributed by atoms with E-state index in [0.29, 0.717) is 31.1 Å². The number of amides is 1. The highest BCUT2D eigenvalue weighted by Gasteiger charge is 2.33. The summed E-state index contributed by atoms with van der Waals surface area (Å²) in [5, 5.41) is 3.80. The molecular formula is C14H21N3O4S. The molecule has 2 fully saturated rings. The second-order valence-corrected chi connectivity index (χ2v) is 8.56. The Morgan fingerprint density at radius 1 is 1.41 bits per heavy atom. The van der Waals surface area contributed by atoms with Crippen molar-refractivity contribution in [1.82, 2.24) is 15.0 Å². The Bertz CT molecular complexity index is 655. The van der Waals surface area contributed by atoms with Gasteiger partial charge in [0.05, 0.1) is 17.4 Å². The summed E-state index contributed by atoms with van der Waals surface area (Å²) in [4.78, 5) is 18.5. The molecule has 22 heavy (non-hydrogen) atoms. The average Bonchev–Trinajstić information content (AvgIpc) is 3.05. The minimum atomic E-state index is -2.93. The summed E-state index contributed by atoms with van der Waals surface area (Å²) in [6.07, 6.45) is 2.77. The molecule has 2 saturated heterocycles. The number of carbonyl (C=O) groups excluding carboxylic acids is 1. The van der Waals surface area contributed by atoms with E-state index in [2.05, 4.69) is 10.1 Å². The highest BCUT2D eigenvalue weighted by molar-refractivity contribution is 7.91. The normalized spacial score (nSPS) is 28.0. The molecular weight excluding hydrogens is 306 g/mol. The highest BCUT2D eigenvalue weighted by atomic mass is 32.2. The summed E-state index contributed by atoms with van der Waals surface area (Å²) in [5.41, 5.74) is 0. The molecule has 3 rings (SSSR count). The van der Waals surface area contributed by atoms with Crippen LogP contribution in [0.15, 0.2) is 4.52 Å². The fourth-order valence-corrected chi connectivity index (χ4v) is 5.16. The van der Waals surface area contributed by atoms with Crippen LogP contribution in [0.4, 0.5) is 0 Å². The molecule has 122 valence electrons. The van der Waals surface area contributed by atoms with E-state index in [1.807, 2.05) is 4.90 Å². The van der Waals surface area contributed by atoms with E-state index in [0.717, 1.165) is 19.4 Å². The molecule has 8 heteroatoms. The first-order valence-electron chi connectivity index (χ1n) is 7.71. The number of hydrogen-bond donors (Lipinski definition) is 0. The van der Waals surface area contributed by atoms with E-state index in [1.165, 1.54) is 0 Å². The van der Waals surface area contributed by atoms with Gasteiger partial charge < -0.3 is 9.42 Å². The van der Waals surface area contributed by atoms with E-state index >= 15 is 0 Å². The SMILES string of the molecule is Cc1noc([C@H]2CCCN(C(=O)C[C@H]3CCS(=O)(=O)C3)C2)n1. The van der Waals surface area contributed by atoms with Crippen LogP contribution in [-0.2, 0) is 14.6 Å². The lowest BCUT2D eigenvalue weighted by molar-refractivity contribution is -0.133. The Balaban J connectivity index is 1.58. The Morgan fingerprint density at radius 2 is 2.23 bits per heavy atom. The van der Waals surface area contributed by atoms with Gasteiger partial charge in [0, 0.05) is 19.5 Å². The molecule has 0 saturated carbocycles. The molecule has 1 aromatic heterocycles. The molecule has 2 aliphatic rings. The fraction of sp³-hybridized carbons (Fsp3) is 0.786. The van der Waals surface area contributed by atoms with Gasteiger partial charge in [0.1, 0.15) is 0 Å². The van der Waals surface area contributed by atoms with Crippen LogP contribution < -0.4 is 0 Å². The van der Waals surface area contributed by atoms with Crippen LogP contribution in [-0.4, -0.2) is 54.0 Å². The van der Waals surface area contributed by atoms with Gasteiger partial charge in [-0.15, -0.1) is 0 Å². The van der Waals surface area contributed by atoms with Crippen LogP contribution in [0.2, 0.25) is 0 Å². The maximum Gasteiger partial charge on any atom is 0.231 e. The van der Waals surface area contributed by atoms with Crippen molar-refractivity contribution in [2.24, 2.45) is 5.92 Å². The number of aromatic nitrogens is 2. The molecule has 0 aliphatic carbocycles. The monoisotopic (exact) mass is 327 g/mol.